The molecule has 3 nitrogen and oxygen atoms in total. The fourth-order valence-corrected chi connectivity index (χ4v) is 2.74. The second-order valence-electron chi connectivity index (χ2n) is 5.25. The molecule has 0 amide bonds. The molecule has 0 bridgehead atoms. The third kappa shape index (κ3) is 2.19. The first-order valence-corrected chi connectivity index (χ1v) is 6.61. The maximum atomic E-state index is 13.4. The minimum atomic E-state index is -4.56. The summed E-state index contributed by atoms with van der Waals surface area (Å²) in [5, 5.41) is 3.44. The SMILES string of the molecule is O=C(c1ccc2cccnc2c1)C1(C(F)(F)F)CCNC1. The van der Waals surface area contributed by atoms with Gasteiger partial charge in [-0.25, -0.2) is 0 Å². The molecule has 21 heavy (non-hydrogen) atoms. The summed E-state index contributed by atoms with van der Waals surface area (Å²) in [7, 11) is 0. The Labute approximate surface area is 119 Å². The highest BCUT2D eigenvalue weighted by Crippen LogP contribution is 2.45. The van der Waals surface area contributed by atoms with Crippen LogP contribution in [0.25, 0.3) is 10.9 Å². The Balaban J connectivity index is 2.06. The van der Waals surface area contributed by atoms with Crippen molar-refractivity contribution < 1.29 is 18.0 Å². The van der Waals surface area contributed by atoms with Gasteiger partial charge in [0.15, 0.2) is 5.78 Å². The number of ketones is 1. The Morgan fingerprint density at radius 3 is 2.76 bits per heavy atom. The number of carbonyl (C=O) groups excluding carboxylic acids is 1. The third-order valence-corrected chi connectivity index (χ3v) is 4.00. The Kier molecular flexibility index (Phi) is 3.20. The van der Waals surface area contributed by atoms with Crippen LogP contribution in [0, 0.1) is 5.41 Å². The van der Waals surface area contributed by atoms with Gasteiger partial charge in [0.2, 0.25) is 0 Å². The monoisotopic (exact) mass is 294 g/mol. The normalized spacial score (nSPS) is 22.6. The van der Waals surface area contributed by atoms with E-state index in [1.165, 1.54) is 12.1 Å². The molecule has 1 aromatic heterocycles. The van der Waals surface area contributed by atoms with Crippen LogP contribution in [0.3, 0.4) is 0 Å². The Morgan fingerprint density at radius 2 is 2.10 bits per heavy atom. The van der Waals surface area contributed by atoms with Crippen molar-refractivity contribution in [2.75, 3.05) is 13.1 Å². The van der Waals surface area contributed by atoms with Gasteiger partial charge >= 0.3 is 6.18 Å². The standard InChI is InChI=1S/C15H13F3N2O/c16-15(17,18)14(5-7-19-9-14)13(21)11-4-3-10-2-1-6-20-12(10)8-11/h1-4,6,8,19H,5,7,9H2. The summed E-state index contributed by atoms with van der Waals surface area (Å²) < 4.78 is 40.2. The molecule has 0 aliphatic carbocycles. The lowest BCUT2D eigenvalue weighted by molar-refractivity contribution is -0.197. The number of fused-ring (bicyclic) bond motifs is 1. The second-order valence-corrected chi connectivity index (χ2v) is 5.25. The second kappa shape index (κ2) is 4.80. The van der Waals surface area contributed by atoms with Crippen LogP contribution in [0.4, 0.5) is 13.2 Å². The summed E-state index contributed by atoms with van der Waals surface area (Å²) in [4.78, 5) is 16.6. The maximum Gasteiger partial charge on any atom is 0.402 e. The summed E-state index contributed by atoms with van der Waals surface area (Å²) in [6.07, 6.45) is -3.24. The molecule has 0 saturated carbocycles. The van der Waals surface area contributed by atoms with Gasteiger partial charge < -0.3 is 5.32 Å². The zero-order valence-corrected chi connectivity index (χ0v) is 11.1. The van der Waals surface area contributed by atoms with Crippen LogP contribution in [0.15, 0.2) is 36.5 Å². The van der Waals surface area contributed by atoms with Crippen LogP contribution in [-0.4, -0.2) is 30.0 Å². The number of Topliss-reactive ketones (excluding diaryl/α,β-unsaturated/α-hetero) is 1. The molecule has 1 fully saturated rings. The van der Waals surface area contributed by atoms with Gasteiger partial charge in [-0.05, 0) is 25.1 Å². The van der Waals surface area contributed by atoms with E-state index in [0.29, 0.717) is 5.52 Å². The zero-order valence-electron chi connectivity index (χ0n) is 11.1. The van der Waals surface area contributed by atoms with E-state index in [-0.39, 0.29) is 25.1 Å². The topological polar surface area (TPSA) is 42.0 Å². The number of carbonyl (C=O) groups is 1. The van der Waals surface area contributed by atoms with Gasteiger partial charge in [-0.1, -0.05) is 18.2 Å². The molecular weight excluding hydrogens is 281 g/mol. The van der Waals surface area contributed by atoms with Crippen LogP contribution in [-0.2, 0) is 0 Å². The first-order valence-electron chi connectivity index (χ1n) is 6.61. The van der Waals surface area contributed by atoms with Crippen molar-refractivity contribution in [3.05, 3.63) is 42.1 Å². The van der Waals surface area contributed by atoms with Gasteiger partial charge in [0.1, 0.15) is 5.41 Å². The number of pyridine rings is 1. The molecule has 0 radical (unpaired) electrons. The molecule has 2 aromatic rings. The number of benzene rings is 1. The summed E-state index contributed by atoms with van der Waals surface area (Å²) in [6, 6.07) is 8.04. The van der Waals surface area contributed by atoms with Crippen molar-refractivity contribution in [1.82, 2.24) is 10.3 Å². The average molecular weight is 294 g/mol. The van der Waals surface area contributed by atoms with Crippen molar-refractivity contribution in [3.8, 4) is 0 Å². The number of halogens is 3. The number of rotatable bonds is 2. The lowest BCUT2D eigenvalue weighted by atomic mass is 9.78. The number of hydrogen-bond donors (Lipinski definition) is 1. The fourth-order valence-electron chi connectivity index (χ4n) is 2.74. The van der Waals surface area contributed by atoms with Crippen LogP contribution < -0.4 is 5.32 Å². The van der Waals surface area contributed by atoms with Gasteiger partial charge in [-0.3, -0.25) is 9.78 Å². The van der Waals surface area contributed by atoms with Crippen molar-refractivity contribution >= 4 is 16.7 Å². The Hall–Kier alpha value is -1.95. The van der Waals surface area contributed by atoms with Crippen molar-refractivity contribution in [1.29, 1.82) is 0 Å². The largest absolute Gasteiger partial charge is 0.402 e. The lowest BCUT2D eigenvalue weighted by Gasteiger charge is -2.29. The molecule has 1 saturated heterocycles. The molecule has 1 atom stereocenters. The van der Waals surface area contributed by atoms with E-state index in [2.05, 4.69) is 10.3 Å². The molecule has 1 aromatic carbocycles. The smallest absolute Gasteiger partial charge is 0.315 e. The molecule has 6 heteroatoms. The van der Waals surface area contributed by atoms with E-state index in [9.17, 15) is 18.0 Å². The minimum Gasteiger partial charge on any atom is -0.315 e. The first-order chi connectivity index (χ1) is 9.94. The highest BCUT2D eigenvalue weighted by molar-refractivity contribution is 6.03. The number of aromatic nitrogens is 1. The summed E-state index contributed by atoms with van der Waals surface area (Å²) in [5.74, 6) is -0.882. The van der Waals surface area contributed by atoms with E-state index in [1.54, 1.807) is 24.4 Å². The van der Waals surface area contributed by atoms with Gasteiger partial charge in [0.05, 0.1) is 5.52 Å². The number of hydrogen-bond acceptors (Lipinski definition) is 3. The van der Waals surface area contributed by atoms with E-state index < -0.39 is 17.4 Å². The molecule has 1 aliphatic heterocycles. The molecule has 110 valence electrons. The number of alkyl halides is 3. The van der Waals surface area contributed by atoms with Gasteiger partial charge in [0, 0.05) is 23.7 Å². The highest BCUT2D eigenvalue weighted by atomic mass is 19.4. The van der Waals surface area contributed by atoms with Gasteiger partial charge in [-0.2, -0.15) is 13.2 Å². The predicted octanol–water partition coefficient (Wildman–Crippen LogP) is 2.96. The zero-order chi connectivity index (χ0) is 15.1. The van der Waals surface area contributed by atoms with E-state index in [1.807, 2.05) is 0 Å². The summed E-state index contributed by atoms with van der Waals surface area (Å²) in [5.41, 5.74) is -1.75. The first kappa shape index (κ1) is 14.0. The predicted molar refractivity (Wildman–Crippen MR) is 72.0 cm³/mol. The molecule has 1 N–H and O–H groups in total. The van der Waals surface area contributed by atoms with Crippen molar-refractivity contribution in [3.63, 3.8) is 0 Å². The van der Waals surface area contributed by atoms with Crippen LogP contribution in [0.2, 0.25) is 0 Å². The van der Waals surface area contributed by atoms with Gasteiger partial charge in [0.25, 0.3) is 0 Å². The van der Waals surface area contributed by atoms with Crippen LogP contribution in [0.1, 0.15) is 16.8 Å². The van der Waals surface area contributed by atoms with Crippen molar-refractivity contribution in [2.45, 2.75) is 12.6 Å². The van der Waals surface area contributed by atoms with Crippen molar-refractivity contribution in [2.24, 2.45) is 5.41 Å². The molecule has 1 aliphatic rings. The summed E-state index contributed by atoms with van der Waals surface area (Å²) in [6.45, 7) is -0.174. The fraction of sp³-hybridized carbons (Fsp3) is 0.333. The quantitative estimate of drug-likeness (QED) is 0.866. The average Bonchev–Trinajstić information content (AvgIpc) is 2.96. The maximum absolute atomic E-state index is 13.4. The number of nitrogens with zero attached hydrogens (tertiary/aromatic N) is 1. The van der Waals surface area contributed by atoms with E-state index in [4.69, 9.17) is 0 Å². The Morgan fingerprint density at radius 1 is 1.29 bits per heavy atom. The van der Waals surface area contributed by atoms with E-state index in [0.717, 1.165) is 5.39 Å². The molecule has 1 unspecified atom stereocenters. The van der Waals surface area contributed by atoms with Crippen LogP contribution >= 0.6 is 0 Å². The molecular formula is C15H13F3N2O. The van der Waals surface area contributed by atoms with Crippen LogP contribution in [0.5, 0.6) is 0 Å². The highest BCUT2D eigenvalue weighted by Gasteiger charge is 2.61. The van der Waals surface area contributed by atoms with E-state index >= 15 is 0 Å². The summed E-state index contributed by atoms with van der Waals surface area (Å²) >= 11 is 0. The molecule has 3 rings (SSSR count). The minimum absolute atomic E-state index is 0.0576. The Bertz CT molecular complexity index is 691. The third-order valence-electron chi connectivity index (χ3n) is 4.00. The lowest BCUT2D eigenvalue weighted by Crippen LogP contribution is -2.46. The number of nitrogens with one attached hydrogen (secondary N) is 1. The van der Waals surface area contributed by atoms with Gasteiger partial charge in [-0.15, -0.1) is 0 Å². The molecule has 2 heterocycles. The molecule has 0 spiro atoms.